The first-order chi connectivity index (χ1) is 12.9. The summed E-state index contributed by atoms with van der Waals surface area (Å²) in [7, 11) is 1.35. The Kier molecular flexibility index (Phi) is 5.42. The SMILES string of the molecule is COC(=O)c1c(NC(=O)c2ccc(C)cc2)sc(C)c1-c1ccc(C)cc1. The van der Waals surface area contributed by atoms with Crippen molar-refractivity contribution in [2.75, 3.05) is 12.4 Å². The van der Waals surface area contributed by atoms with Crippen molar-refractivity contribution >= 4 is 28.2 Å². The number of benzene rings is 2. The van der Waals surface area contributed by atoms with E-state index in [1.165, 1.54) is 18.4 Å². The summed E-state index contributed by atoms with van der Waals surface area (Å²) < 4.78 is 5.00. The third-order valence-corrected chi connectivity index (χ3v) is 5.38. The number of hydrogen-bond donors (Lipinski definition) is 1. The fraction of sp³-hybridized carbons (Fsp3) is 0.182. The van der Waals surface area contributed by atoms with Crippen molar-refractivity contribution in [2.24, 2.45) is 0 Å². The standard InChI is InChI=1S/C22H21NO3S/c1-13-5-9-16(10-6-13)18-15(3)27-21(19(18)22(25)26-4)23-20(24)17-11-7-14(2)8-12-17/h5-12H,1-4H3,(H,23,24). The molecule has 1 heterocycles. The molecule has 0 atom stereocenters. The maximum Gasteiger partial charge on any atom is 0.341 e. The predicted octanol–water partition coefficient (Wildman–Crippen LogP) is 5.38. The second kappa shape index (κ2) is 7.76. The number of carbonyl (C=O) groups excluding carboxylic acids is 2. The molecule has 0 fully saturated rings. The van der Waals surface area contributed by atoms with Crippen molar-refractivity contribution in [3.8, 4) is 11.1 Å². The number of thiophene rings is 1. The summed E-state index contributed by atoms with van der Waals surface area (Å²) in [6.07, 6.45) is 0. The Morgan fingerprint density at radius 3 is 2.00 bits per heavy atom. The van der Waals surface area contributed by atoms with Crippen molar-refractivity contribution in [1.29, 1.82) is 0 Å². The number of hydrogen-bond acceptors (Lipinski definition) is 4. The Balaban J connectivity index is 2.04. The zero-order chi connectivity index (χ0) is 19.6. The average Bonchev–Trinajstić information content (AvgIpc) is 2.98. The minimum Gasteiger partial charge on any atom is -0.465 e. The van der Waals surface area contributed by atoms with E-state index in [4.69, 9.17) is 4.74 Å². The summed E-state index contributed by atoms with van der Waals surface area (Å²) in [5, 5.41) is 3.38. The monoisotopic (exact) mass is 379 g/mol. The van der Waals surface area contributed by atoms with E-state index in [0.29, 0.717) is 16.1 Å². The van der Waals surface area contributed by atoms with Gasteiger partial charge in [-0.15, -0.1) is 11.3 Å². The lowest BCUT2D eigenvalue weighted by Crippen LogP contribution is -2.14. The molecule has 1 aromatic heterocycles. The molecular formula is C22H21NO3S. The van der Waals surface area contributed by atoms with Crippen LogP contribution in [0.3, 0.4) is 0 Å². The summed E-state index contributed by atoms with van der Waals surface area (Å²) in [6, 6.07) is 15.2. The van der Waals surface area contributed by atoms with Crippen LogP contribution in [0.25, 0.3) is 11.1 Å². The van der Waals surface area contributed by atoms with Gasteiger partial charge < -0.3 is 10.1 Å². The zero-order valence-electron chi connectivity index (χ0n) is 15.8. The Morgan fingerprint density at radius 2 is 1.44 bits per heavy atom. The van der Waals surface area contributed by atoms with Crippen LogP contribution in [-0.2, 0) is 4.74 Å². The Hall–Kier alpha value is -2.92. The van der Waals surface area contributed by atoms with E-state index in [0.717, 1.165) is 27.1 Å². The average molecular weight is 379 g/mol. The molecule has 0 saturated carbocycles. The number of esters is 1. The van der Waals surface area contributed by atoms with Crippen molar-refractivity contribution in [3.05, 3.63) is 75.7 Å². The first-order valence-corrected chi connectivity index (χ1v) is 9.39. The number of amides is 1. The van der Waals surface area contributed by atoms with Gasteiger partial charge in [0.1, 0.15) is 10.6 Å². The molecule has 3 aromatic rings. The van der Waals surface area contributed by atoms with Gasteiger partial charge in [0.15, 0.2) is 0 Å². The maximum absolute atomic E-state index is 12.6. The molecule has 0 aliphatic heterocycles. The molecule has 0 bridgehead atoms. The molecule has 1 amide bonds. The maximum atomic E-state index is 12.6. The lowest BCUT2D eigenvalue weighted by Gasteiger charge is -2.09. The lowest BCUT2D eigenvalue weighted by molar-refractivity contribution is 0.0603. The highest BCUT2D eigenvalue weighted by Gasteiger charge is 2.25. The van der Waals surface area contributed by atoms with Gasteiger partial charge in [-0.25, -0.2) is 4.79 Å². The van der Waals surface area contributed by atoms with E-state index in [-0.39, 0.29) is 5.91 Å². The molecule has 0 spiro atoms. The van der Waals surface area contributed by atoms with E-state index in [9.17, 15) is 9.59 Å². The summed E-state index contributed by atoms with van der Waals surface area (Å²) >= 11 is 1.38. The number of rotatable bonds is 4. The summed E-state index contributed by atoms with van der Waals surface area (Å²) in [5.41, 5.74) is 4.87. The number of carbonyl (C=O) groups is 2. The molecular weight excluding hydrogens is 358 g/mol. The molecule has 1 N–H and O–H groups in total. The normalized spacial score (nSPS) is 10.5. The molecule has 2 aromatic carbocycles. The van der Waals surface area contributed by atoms with E-state index < -0.39 is 5.97 Å². The summed E-state index contributed by atoms with van der Waals surface area (Å²) in [6.45, 7) is 5.92. The second-order valence-corrected chi connectivity index (χ2v) is 7.64. The Morgan fingerprint density at radius 1 is 0.889 bits per heavy atom. The van der Waals surface area contributed by atoms with Gasteiger partial charge in [0, 0.05) is 16.0 Å². The molecule has 138 valence electrons. The molecule has 0 radical (unpaired) electrons. The number of nitrogens with one attached hydrogen (secondary N) is 1. The van der Waals surface area contributed by atoms with Gasteiger partial charge in [-0.3, -0.25) is 4.79 Å². The van der Waals surface area contributed by atoms with Gasteiger partial charge in [0.05, 0.1) is 7.11 Å². The highest BCUT2D eigenvalue weighted by Crippen LogP contribution is 2.40. The van der Waals surface area contributed by atoms with E-state index >= 15 is 0 Å². The van der Waals surface area contributed by atoms with Crippen LogP contribution in [-0.4, -0.2) is 19.0 Å². The van der Waals surface area contributed by atoms with E-state index in [1.54, 1.807) is 12.1 Å². The Bertz CT molecular complexity index is 986. The number of ether oxygens (including phenoxy) is 1. The molecule has 0 aliphatic carbocycles. The van der Waals surface area contributed by atoms with Crippen LogP contribution in [0.2, 0.25) is 0 Å². The highest BCUT2D eigenvalue weighted by molar-refractivity contribution is 7.17. The Labute approximate surface area is 162 Å². The van der Waals surface area contributed by atoms with E-state index in [2.05, 4.69) is 5.32 Å². The van der Waals surface area contributed by atoms with Gasteiger partial charge in [-0.1, -0.05) is 47.5 Å². The minimum absolute atomic E-state index is 0.253. The summed E-state index contributed by atoms with van der Waals surface area (Å²) in [4.78, 5) is 26.1. The second-order valence-electron chi connectivity index (χ2n) is 6.42. The molecule has 5 heteroatoms. The fourth-order valence-corrected chi connectivity index (χ4v) is 3.94. The summed E-state index contributed by atoms with van der Waals surface area (Å²) in [5.74, 6) is -0.717. The minimum atomic E-state index is -0.464. The predicted molar refractivity (Wildman–Crippen MR) is 110 cm³/mol. The van der Waals surface area contributed by atoms with Crippen molar-refractivity contribution in [1.82, 2.24) is 0 Å². The molecule has 3 rings (SSSR count). The third-order valence-electron chi connectivity index (χ3n) is 4.35. The van der Waals surface area contributed by atoms with Gasteiger partial charge in [-0.05, 0) is 38.5 Å². The number of aryl methyl sites for hydroxylation is 3. The van der Waals surface area contributed by atoms with Crippen LogP contribution in [0.4, 0.5) is 5.00 Å². The highest BCUT2D eigenvalue weighted by atomic mass is 32.1. The third kappa shape index (κ3) is 3.93. The van der Waals surface area contributed by atoms with Crippen LogP contribution in [0, 0.1) is 20.8 Å². The van der Waals surface area contributed by atoms with Crippen molar-refractivity contribution < 1.29 is 14.3 Å². The topological polar surface area (TPSA) is 55.4 Å². The zero-order valence-corrected chi connectivity index (χ0v) is 16.6. The van der Waals surface area contributed by atoms with Gasteiger partial charge in [0.2, 0.25) is 0 Å². The van der Waals surface area contributed by atoms with Gasteiger partial charge in [0.25, 0.3) is 5.91 Å². The van der Waals surface area contributed by atoms with Gasteiger partial charge >= 0.3 is 5.97 Å². The van der Waals surface area contributed by atoms with Crippen LogP contribution in [0.1, 0.15) is 36.7 Å². The first-order valence-electron chi connectivity index (χ1n) is 8.57. The van der Waals surface area contributed by atoms with Crippen LogP contribution >= 0.6 is 11.3 Å². The molecule has 0 unspecified atom stereocenters. The molecule has 27 heavy (non-hydrogen) atoms. The first kappa shape index (κ1) is 18.9. The van der Waals surface area contributed by atoms with Crippen molar-refractivity contribution in [3.63, 3.8) is 0 Å². The molecule has 0 aliphatic rings. The number of methoxy groups -OCH3 is 1. The largest absolute Gasteiger partial charge is 0.465 e. The smallest absolute Gasteiger partial charge is 0.341 e. The number of anilines is 1. The van der Waals surface area contributed by atoms with E-state index in [1.807, 2.05) is 57.2 Å². The fourth-order valence-electron chi connectivity index (χ4n) is 2.88. The van der Waals surface area contributed by atoms with Crippen LogP contribution in [0.15, 0.2) is 48.5 Å². The molecule has 4 nitrogen and oxygen atoms in total. The quantitative estimate of drug-likeness (QED) is 0.619. The van der Waals surface area contributed by atoms with Crippen molar-refractivity contribution in [2.45, 2.75) is 20.8 Å². The van der Waals surface area contributed by atoms with Gasteiger partial charge in [-0.2, -0.15) is 0 Å². The van der Waals surface area contributed by atoms with Crippen LogP contribution in [0.5, 0.6) is 0 Å². The molecule has 0 saturated heterocycles. The lowest BCUT2D eigenvalue weighted by atomic mass is 10.0. The van der Waals surface area contributed by atoms with Crippen LogP contribution < -0.4 is 5.32 Å².